The van der Waals surface area contributed by atoms with Crippen molar-refractivity contribution >= 4 is 11.8 Å². The van der Waals surface area contributed by atoms with Crippen LogP contribution in [0.1, 0.15) is 24.2 Å². The van der Waals surface area contributed by atoms with Gasteiger partial charge in [0.1, 0.15) is 0 Å². The Morgan fingerprint density at radius 2 is 1.94 bits per heavy atom. The van der Waals surface area contributed by atoms with Crippen molar-refractivity contribution in [2.75, 3.05) is 6.26 Å². The summed E-state index contributed by atoms with van der Waals surface area (Å²) in [6.45, 7) is 3.00. The zero-order valence-corrected chi connectivity index (χ0v) is 11.6. The van der Waals surface area contributed by atoms with E-state index in [1.54, 1.807) is 11.8 Å². The molecule has 18 heavy (non-hydrogen) atoms. The van der Waals surface area contributed by atoms with Gasteiger partial charge in [-0.15, -0.1) is 11.8 Å². The first kappa shape index (κ1) is 13.1. The van der Waals surface area contributed by atoms with E-state index in [2.05, 4.69) is 53.8 Å². The van der Waals surface area contributed by atoms with Gasteiger partial charge in [-0.3, -0.25) is 4.98 Å². The molecule has 0 aliphatic rings. The molecule has 0 aliphatic heterocycles. The quantitative estimate of drug-likeness (QED) is 0.829. The molecule has 2 nitrogen and oxygen atoms in total. The predicted molar refractivity (Wildman–Crippen MR) is 77.7 cm³/mol. The molecule has 0 saturated carbocycles. The topological polar surface area (TPSA) is 24.9 Å². The van der Waals surface area contributed by atoms with Crippen LogP contribution in [0.4, 0.5) is 0 Å². The fourth-order valence-electron chi connectivity index (χ4n) is 1.75. The van der Waals surface area contributed by atoms with Gasteiger partial charge in [0.05, 0.1) is 5.69 Å². The average molecular weight is 258 g/mol. The molecule has 1 N–H and O–H groups in total. The molecule has 94 valence electrons. The van der Waals surface area contributed by atoms with Gasteiger partial charge < -0.3 is 5.32 Å². The van der Waals surface area contributed by atoms with E-state index in [1.807, 2.05) is 18.3 Å². The summed E-state index contributed by atoms with van der Waals surface area (Å²) in [4.78, 5) is 5.65. The molecule has 0 amide bonds. The van der Waals surface area contributed by atoms with Crippen molar-refractivity contribution in [3.8, 4) is 0 Å². The van der Waals surface area contributed by atoms with Gasteiger partial charge in [-0.25, -0.2) is 0 Å². The fraction of sp³-hybridized carbons (Fsp3) is 0.267. The highest BCUT2D eigenvalue weighted by molar-refractivity contribution is 7.98. The van der Waals surface area contributed by atoms with Crippen LogP contribution < -0.4 is 5.32 Å². The van der Waals surface area contributed by atoms with Crippen molar-refractivity contribution in [2.24, 2.45) is 0 Å². The van der Waals surface area contributed by atoms with Crippen LogP contribution in [0.5, 0.6) is 0 Å². The van der Waals surface area contributed by atoms with Gasteiger partial charge in [-0.1, -0.05) is 18.2 Å². The van der Waals surface area contributed by atoms with Crippen molar-refractivity contribution in [1.29, 1.82) is 0 Å². The zero-order valence-electron chi connectivity index (χ0n) is 10.8. The average Bonchev–Trinajstić information content (AvgIpc) is 2.46. The Morgan fingerprint density at radius 1 is 1.17 bits per heavy atom. The summed E-state index contributed by atoms with van der Waals surface area (Å²) in [6, 6.07) is 14.9. The summed E-state index contributed by atoms with van der Waals surface area (Å²) in [6.07, 6.45) is 3.93. The SMILES string of the molecule is CSc1ccc(CN[C@H](C)c2ccccn2)cc1. The van der Waals surface area contributed by atoms with Crippen molar-refractivity contribution in [2.45, 2.75) is 24.4 Å². The number of hydrogen-bond donors (Lipinski definition) is 1. The minimum Gasteiger partial charge on any atom is -0.305 e. The first-order valence-electron chi connectivity index (χ1n) is 6.07. The number of thioether (sulfide) groups is 1. The van der Waals surface area contributed by atoms with Crippen molar-refractivity contribution in [3.05, 3.63) is 59.9 Å². The number of benzene rings is 1. The monoisotopic (exact) mass is 258 g/mol. The normalized spacial score (nSPS) is 12.3. The number of hydrogen-bond acceptors (Lipinski definition) is 3. The predicted octanol–water partition coefficient (Wildman–Crippen LogP) is 3.65. The van der Waals surface area contributed by atoms with Crippen molar-refractivity contribution in [1.82, 2.24) is 10.3 Å². The molecule has 0 unspecified atom stereocenters. The molecule has 0 fully saturated rings. The molecule has 2 aromatic rings. The molecule has 0 radical (unpaired) electrons. The molecular formula is C15H18N2S. The Bertz CT molecular complexity index is 468. The fourth-order valence-corrected chi connectivity index (χ4v) is 2.16. The standard InChI is InChI=1S/C15H18N2S/c1-12(15-5-3-4-10-16-15)17-11-13-6-8-14(18-2)9-7-13/h3-10,12,17H,11H2,1-2H3/t12-/m1/s1. The van der Waals surface area contributed by atoms with Crippen LogP contribution in [0.2, 0.25) is 0 Å². The van der Waals surface area contributed by atoms with Crippen LogP contribution in [-0.4, -0.2) is 11.2 Å². The van der Waals surface area contributed by atoms with Gasteiger partial charge in [0.15, 0.2) is 0 Å². The smallest absolute Gasteiger partial charge is 0.0570 e. The highest BCUT2D eigenvalue weighted by Crippen LogP contribution is 2.15. The minimum atomic E-state index is 0.270. The summed E-state index contributed by atoms with van der Waals surface area (Å²) in [5.41, 5.74) is 2.38. The van der Waals surface area contributed by atoms with E-state index in [4.69, 9.17) is 0 Å². The Kier molecular flexibility index (Phi) is 4.79. The van der Waals surface area contributed by atoms with E-state index in [0.717, 1.165) is 12.2 Å². The largest absolute Gasteiger partial charge is 0.305 e. The Labute approximate surface area is 113 Å². The lowest BCUT2D eigenvalue weighted by Crippen LogP contribution is -2.18. The summed E-state index contributed by atoms with van der Waals surface area (Å²) in [5.74, 6) is 0. The van der Waals surface area contributed by atoms with Gasteiger partial charge >= 0.3 is 0 Å². The molecule has 0 bridgehead atoms. The maximum absolute atomic E-state index is 4.35. The summed E-state index contributed by atoms with van der Waals surface area (Å²) in [5, 5.41) is 3.48. The van der Waals surface area contributed by atoms with Crippen molar-refractivity contribution < 1.29 is 0 Å². The van der Waals surface area contributed by atoms with E-state index < -0.39 is 0 Å². The molecule has 1 aromatic carbocycles. The maximum atomic E-state index is 4.35. The molecule has 2 rings (SSSR count). The lowest BCUT2D eigenvalue weighted by molar-refractivity contribution is 0.561. The van der Waals surface area contributed by atoms with E-state index in [1.165, 1.54) is 10.5 Å². The summed E-state index contributed by atoms with van der Waals surface area (Å²) < 4.78 is 0. The molecule has 0 saturated heterocycles. The highest BCUT2D eigenvalue weighted by Gasteiger charge is 2.04. The van der Waals surface area contributed by atoms with Gasteiger partial charge in [0.2, 0.25) is 0 Å². The number of pyridine rings is 1. The van der Waals surface area contributed by atoms with E-state index in [9.17, 15) is 0 Å². The molecule has 0 aliphatic carbocycles. The van der Waals surface area contributed by atoms with Gasteiger partial charge in [0, 0.05) is 23.7 Å². The van der Waals surface area contributed by atoms with Gasteiger partial charge in [-0.05, 0) is 43.0 Å². The molecule has 0 spiro atoms. The maximum Gasteiger partial charge on any atom is 0.0570 e. The zero-order chi connectivity index (χ0) is 12.8. The van der Waals surface area contributed by atoms with Crippen LogP contribution >= 0.6 is 11.8 Å². The molecule has 1 atom stereocenters. The lowest BCUT2D eigenvalue weighted by Gasteiger charge is -2.13. The Morgan fingerprint density at radius 3 is 2.56 bits per heavy atom. The van der Waals surface area contributed by atoms with Crippen LogP contribution in [0, 0.1) is 0 Å². The van der Waals surface area contributed by atoms with Crippen LogP contribution in [0.15, 0.2) is 53.6 Å². The van der Waals surface area contributed by atoms with Crippen LogP contribution in [-0.2, 0) is 6.54 Å². The molecule has 3 heteroatoms. The molecular weight excluding hydrogens is 240 g/mol. The third kappa shape index (κ3) is 3.59. The molecule has 1 heterocycles. The van der Waals surface area contributed by atoms with Gasteiger partial charge in [-0.2, -0.15) is 0 Å². The molecule has 1 aromatic heterocycles. The van der Waals surface area contributed by atoms with E-state index in [0.29, 0.717) is 0 Å². The first-order valence-corrected chi connectivity index (χ1v) is 7.29. The third-order valence-electron chi connectivity index (χ3n) is 2.90. The Hall–Kier alpha value is -1.32. The van der Waals surface area contributed by atoms with Crippen LogP contribution in [0.25, 0.3) is 0 Å². The minimum absolute atomic E-state index is 0.270. The van der Waals surface area contributed by atoms with E-state index >= 15 is 0 Å². The van der Waals surface area contributed by atoms with E-state index in [-0.39, 0.29) is 6.04 Å². The van der Waals surface area contributed by atoms with Crippen molar-refractivity contribution in [3.63, 3.8) is 0 Å². The first-order chi connectivity index (χ1) is 8.79. The second-order valence-corrected chi connectivity index (χ2v) is 5.08. The summed E-state index contributed by atoms with van der Waals surface area (Å²) in [7, 11) is 0. The number of aromatic nitrogens is 1. The highest BCUT2D eigenvalue weighted by atomic mass is 32.2. The second-order valence-electron chi connectivity index (χ2n) is 4.21. The number of nitrogens with zero attached hydrogens (tertiary/aromatic N) is 1. The Balaban J connectivity index is 1.91. The lowest BCUT2D eigenvalue weighted by atomic mass is 10.2. The number of nitrogens with one attached hydrogen (secondary N) is 1. The number of rotatable bonds is 5. The van der Waals surface area contributed by atoms with Crippen LogP contribution in [0.3, 0.4) is 0 Å². The summed E-state index contributed by atoms with van der Waals surface area (Å²) >= 11 is 1.77. The van der Waals surface area contributed by atoms with Gasteiger partial charge in [0.25, 0.3) is 0 Å². The third-order valence-corrected chi connectivity index (χ3v) is 3.65. The second kappa shape index (κ2) is 6.57.